The average Bonchev–Trinajstić information content (AvgIpc) is 3.14. The van der Waals surface area contributed by atoms with Gasteiger partial charge in [0.15, 0.2) is 0 Å². The lowest BCUT2D eigenvalue weighted by Crippen LogP contribution is -2.43. The molecule has 0 amide bonds. The van der Waals surface area contributed by atoms with Gasteiger partial charge in [-0.1, -0.05) is 0 Å². The van der Waals surface area contributed by atoms with Crippen molar-refractivity contribution in [2.24, 2.45) is 0 Å². The van der Waals surface area contributed by atoms with Gasteiger partial charge >= 0.3 is 0 Å². The number of nitrogens with zero attached hydrogens (tertiary/aromatic N) is 6. The standard InChI is InChI=1S/C16H20N6S/c1-11-19-12(2)22(20-11)9-13-5-3-4-7-21(13)16-15-14(6-8-23-15)17-10-18-16/h6,8,10,13H,3-5,7,9H2,1-2H3/t13-/m1/s1. The lowest BCUT2D eigenvalue weighted by molar-refractivity contribution is 0.392. The number of hydrogen-bond donors (Lipinski definition) is 0. The van der Waals surface area contributed by atoms with Crippen molar-refractivity contribution in [2.45, 2.75) is 45.7 Å². The van der Waals surface area contributed by atoms with Gasteiger partial charge in [0.05, 0.1) is 22.8 Å². The number of rotatable bonds is 3. The smallest absolute Gasteiger partial charge is 0.150 e. The van der Waals surface area contributed by atoms with Crippen LogP contribution < -0.4 is 4.90 Å². The fraction of sp³-hybridized carbons (Fsp3) is 0.500. The Balaban J connectivity index is 1.68. The highest BCUT2D eigenvalue weighted by atomic mass is 32.1. The highest BCUT2D eigenvalue weighted by Gasteiger charge is 2.26. The normalized spacial score (nSPS) is 18.7. The molecule has 1 aliphatic heterocycles. The quantitative estimate of drug-likeness (QED) is 0.740. The van der Waals surface area contributed by atoms with Crippen LogP contribution in [0.5, 0.6) is 0 Å². The van der Waals surface area contributed by atoms with Crippen LogP contribution in [0.4, 0.5) is 5.82 Å². The summed E-state index contributed by atoms with van der Waals surface area (Å²) >= 11 is 1.72. The van der Waals surface area contributed by atoms with Gasteiger partial charge in [0.2, 0.25) is 0 Å². The number of aryl methyl sites for hydroxylation is 2. The third kappa shape index (κ3) is 2.69. The fourth-order valence-corrected chi connectivity index (χ4v) is 4.23. The zero-order chi connectivity index (χ0) is 15.8. The van der Waals surface area contributed by atoms with Crippen LogP contribution in [0.3, 0.4) is 0 Å². The van der Waals surface area contributed by atoms with E-state index in [0.717, 1.165) is 42.5 Å². The minimum absolute atomic E-state index is 0.406. The Kier molecular flexibility index (Phi) is 3.72. The van der Waals surface area contributed by atoms with Crippen molar-refractivity contribution in [3.8, 4) is 0 Å². The zero-order valence-electron chi connectivity index (χ0n) is 13.4. The molecule has 0 aliphatic carbocycles. The van der Waals surface area contributed by atoms with Crippen molar-refractivity contribution in [1.29, 1.82) is 0 Å². The second-order valence-corrected chi connectivity index (χ2v) is 6.98. The Morgan fingerprint density at radius 1 is 1.26 bits per heavy atom. The molecule has 0 unspecified atom stereocenters. The monoisotopic (exact) mass is 328 g/mol. The summed E-state index contributed by atoms with van der Waals surface area (Å²) in [4.78, 5) is 15.8. The molecule has 0 bridgehead atoms. The van der Waals surface area contributed by atoms with Gasteiger partial charge in [-0.3, -0.25) is 0 Å². The molecule has 0 radical (unpaired) electrons. The van der Waals surface area contributed by atoms with Crippen LogP contribution >= 0.6 is 11.3 Å². The Hall–Kier alpha value is -2.02. The largest absolute Gasteiger partial charge is 0.350 e. The molecule has 3 aromatic rings. The van der Waals surface area contributed by atoms with Gasteiger partial charge in [-0.25, -0.2) is 19.6 Å². The van der Waals surface area contributed by atoms with E-state index in [0.29, 0.717) is 6.04 Å². The first-order chi connectivity index (χ1) is 11.2. The molecular formula is C16H20N6S. The molecule has 0 saturated carbocycles. The van der Waals surface area contributed by atoms with Gasteiger partial charge in [-0.2, -0.15) is 5.10 Å². The maximum atomic E-state index is 4.60. The lowest BCUT2D eigenvalue weighted by Gasteiger charge is -2.36. The van der Waals surface area contributed by atoms with Crippen LogP contribution in [0, 0.1) is 13.8 Å². The Labute approximate surface area is 139 Å². The second-order valence-electron chi connectivity index (χ2n) is 6.06. The van der Waals surface area contributed by atoms with Crippen LogP contribution in [0.2, 0.25) is 0 Å². The van der Waals surface area contributed by atoms with Gasteiger partial charge in [0.25, 0.3) is 0 Å². The molecule has 0 N–H and O–H groups in total. The van der Waals surface area contributed by atoms with E-state index in [2.05, 4.69) is 36.4 Å². The summed E-state index contributed by atoms with van der Waals surface area (Å²) in [6.07, 6.45) is 5.31. The minimum atomic E-state index is 0.406. The number of thiophene rings is 1. The Morgan fingerprint density at radius 2 is 2.17 bits per heavy atom. The number of anilines is 1. The first-order valence-electron chi connectivity index (χ1n) is 8.05. The van der Waals surface area contributed by atoms with Crippen LogP contribution in [-0.2, 0) is 6.54 Å². The molecule has 23 heavy (non-hydrogen) atoms. The van der Waals surface area contributed by atoms with E-state index in [1.165, 1.54) is 17.5 Å². The number of piperidine rings is 1. The van der Waals surface area contributed by atoms with E-state index in [-0.39, 0.29) is 0 Å². The summed E-state index contributed by atoms with van der Waals surface area (Å²) in [6.45, 7) is 5.88. The molecule has 1 atom stereocenters. The van der Waals surface area contributed by atoms with E-state index in [1.54, 1.807) is 17.7 Å². The molecule has 1 saturated heterocycles. The molecule has 1 aliphatic rings. The summed E-state index contributed by atoms with van der Waals surface area (Å²) in [6, 6.07) is 2.47. The van der Waals surface area contributed by atoms with Gasteiger partial charge in [0.1, 0.15) is 23.8 Å². The van der Waals surface area contributed by atoms with E-state index in [9.17, 15) is 0 Å². The average molecular weight is 328 g/mol. The summed E-state index contributed by atoms with van der Waals surface area (Å²) in [5, 5.41) is 6.62. The fourth-order valence-electron chi connectivity index (χ4n) is 3.38. The highest BCUT2D eigenvalue weighted by molar-refractivity contribution is 7.17. The maximum Gasteiger partial charge on any atom is 0.150 e. The molecule has 0 aromatic carbocycles. The molecule has 7 heteroatoms. The van der Waals surface area contributed by atoms with E-state index < -0.39 is 0 Å². The molecule has 4 rings (SSSR count). The van der Waals surface area contributed by atoms with Crippen molar-refractivity contribution in [2.75, 3.05) is 11.4 Å². The first kappa shape index (κ1) is 14.6. The van der Waals surface area contributed by atoms with Gasteiger partial charge in [-0.05, 0) is 44.6 Å². The SMILES string of the molecule is Cc1nc(C)n(C[C@H]2CCCCN2c2ncnc3ccsc23)n1. The number of aromatic nitrogens is 5. The van der Waals surface area contributed by atoms with Gasteiger partial charge in [-0.15, -0.1) is 11.3 Å². The minimum Gasteiger partial charge on any atom is -0.350 e. The van der Waals surface area contributed by atoms with Crippen LogP contribution in [-0.4, -0.2) is 37.3 Å². The number of fused-ring (bicyclic) bond motifs is 1. The third-order valence-corrected chi connectivity index (χ3v) is 5.37. The maximum absolute atomic E-state index is 4.60. The predicted molar refractivity (Wildman–Crippen MR) is 91.9 cm³/mol. The summed E-state index contributed by atoms with van der Waals surface area (Å²) in [5.74, 6) is 2.90. The van der Waals surface area contributed by atoms with E-state index in [4.69, 9.17) is 0 Å². The summed E-state index contributed by atoms with van der Waals surface area (Å²) < 4.78 is 3.22. The van der Waals surface area contributed by atoms with Crippen LogP contribution in [0.15, 0.2) is 17.8 Å². The third-order valence-electron chi connectivity index (χ3n) is 4.47. The molecule has 6 nitrogen and oxygen atoms in total. The first-order valence-corrected chi connectivity index (χ1v) is 8.93. The van der Waals surface area contributed by atoms with Crippen LogP contribution in [0.1, 0.15) is 30.9 Å². The van der Waals surface area contributed by atoms with Crippen molar-refractivity contribution >= 4 is 27.4 Å². The molecule has 0 spiro atoms. The Bertz CT molecular complexity index is 823. The topological polar surface area (TPSA) is 59.7 Å². The van der Waals surface area contributed by atoms with Crippen molar-refractivity contribution < 1.29 is 0 Å². The highest BCUT2D eigenvalue weighted by Crippen LogP contribution is 2.32. The molecular weight excluding hydrogens is 308 g/mol. The van der Waals surface area contributed by atoms with Crippen LogP contribution in [0.25, 0.3) is 10.2 Å². The summed E-state index contributed by atoms with van der Waals surface area (Å²) in [5.41, 5.74) is 1.04. The van der Waals surface area contributed by atoms with Gasteiger partial charge in [0, 0.05) is 6.54 Å². The summed E-state index contributed by atoms with van der Waals surface area (Å²) in [7, 11) is 0. The Morgan fingerprint density at radius 3 is 3.00 bits per heavy atom. The molecule has 4 heterocycles. The van der Waals surface area contributed by atoms with Crippen molar-refractivity contribution in [3.63, 3.8) is 0 Å². The zero-order valence-corrected chi connectivity index (χ0v) is 14.3. The number of hydrogen-bond acceptors (Lipinski definition) is 6. The van der Waals surface area contributed by atoms with Crippen molar-refractivity contribution in [3.05, 3.63) is 29.4 Å². The van der Waals surface area contributed by atoms with Crippen molar-refractivity contribution in [1.82, 2.24) is 24.7 Å². The molecule has 3 aromatic heterocycles. The van der Waals surface area contributed by atoms with Gasteiger partial charge < -0.3 is 4.90 Å². The lowest BCUT2D eigenvalue weighted by atomic mass is 10.0. The second kappa shape index (κ2) is 5.88. The predicted octanol–water partition coefficient (Wildman–Crippen LogP) is 2.96. The van der Waals surface area contributed by atoms with E-state index in [1.807, 2.05) is 18.5 Å². The van der Waals surface area contributed by atoms with E-state index >= 15 is 0 Å². The molecule has 120 valence electrons. The molecule has 1 fully saturated rings.